The van der Waals surface area contributed by atoms with Gasteiger partial charge in [0, 0.05) is 18.4 Å². The van der Waals surface area contributed by atoms with Crippen molar-refractivity contribution in [3.8, 4) is 5.75 Å². The van der Waals surface area contributed by atoms with E-state index in [1.807, 2.05) is 51.1 Å². The minimum Gasteiger partial charge on any atom is -0.497 e. The number of methoxy groups -OCH3 is 1. The average Bonchev–Trinajstić information content (AvgIpc) is 2.93. The van der Waals surface area contributed by atoms with E-state index >= 15 is 0 Å². The summed E-state index contributed by atoms with van der Waals surface area (Å²) in [7, 11) is -0.611. The molecule has 0 bridgehead atoms. The van der Waals surface area contributed by atoms with E-state index in [9.17, 15) is 9.90 Å². The zero-order valence-electron chi connectivity index (χ0n) is 28.0. The lowest BCUT2D eigenvalue weighted by Crippen LogP contribution is -2.52. The Labute approximate surface area is 252 Å². The second kappa shape index (κ2) is 16.8. The van der Waals surface area contributed by atoms with E-state index in [2.05, 4.69) is 61.2 Å². The van der Waals surface area contributed by atoms with Crippen molar-refractivity contribution in [2.45, 2.75) is 118 Å². The molecule has 0 spiro atoms. The number of aliphatic hydroxyl groups is 1. The third-order valence-electron chi connectivity index (χ3n) is 9.01. The molecule has 7 heteroatoms. The quantitative estimate of drug-likeness (QED) is 0.106. The molecule has 0 amide bonds. The van der Waals surface area contributed by atoms with Crippen LogP contribution in [0.4, 0.5) is 0 Å². The monoisotopic (exact) mass is 592 g/mol. The topological polar surface area (TPSA) is 74.2 Å². The Balaban J connectivity index is 3.44. The maximum absolute atomic E-state index is 13.7. The van der Waals surface area contributed by atoms with Crippen LogP contribution < -0.4 is 4.74 Å². The standard InChI is InChI=1S/C34H60O6Si/c1-14-24(4)30(15-2)39-33(36)27(7)32(40-41(12,13)34(8,9)10)26(6)31(25(5)20-23(3)21-35)38-22-28-16-18-29(37-11)19-17-28/h14,16-19,23-27,30-32,35H,1,15,20-22H2,2-13H3/t23-,24-,25+,26-,27-,30-,31+,32+/m1/s1. The molecule has 0 fully saturated rings. The summed E-state index contributed by atoms with van der Waals surface area (Å²) in [5, 5.41) is 9.77. The summed E-state index contributed by atoms with van der Waals surface area (Å²) < 4.78 is 25.1. The summed E-state index contributed by atoms with van der Waals surface area (Å²) >= 11 is 0. The summed E-state index contributed by atoms with van der Waals surface area (Å²) in [6.45, 7) is 27.9. The highest BCUT2D eigenvalue weighted by molar-refractivity contribution is 6.74. The van der Waals surface area contributed by atoms with Crippen molar-refractivity contribution in [2.75, 3.05) is 13.7 Å². The first-order valence-corrected chi connectivity index (χ1v) is 18.3. The van der Waals surface area contributed by atoms with Gasteiger partial charge in [-0.05, 0) is 67.4 Å². The Bertz CT molecular complexity index is 909. The van der Waals surface area contributed by atoms with Crippen LogP contribution in [-0.4, -0.2) is 51.4 Å². The Morgan fingerprint density at radius 3 is 2.10 bits per heavy atom. The van der Waals surface area contributed by atoms with Gasteiger partial charge in [0.25, 0.3) is 0 Å². The maximum Gasteiger partial charge on any atom is 0.311 e. The van der Waals surface area contributed by atoms with E-state index in [1.54, 1.807) is 7.11 Å². The fraction of sp³-hybridized carbons (Fsp3) is 0.735. The van der Waals surface area contributed by atoms with Crippen molar-refractivity contribution in [1.82, 2.24) is 0 Å². The second-order valence-electron chi connectivity index (χ2n) is 13.6. The molecule has 1 rings (SSSR count). The lowest BCUT2D eigenvalue weighted by Gasteiger charge is -2.45. The van der Waals surface area contributed by atoms with E-state index in [1.165, 1.54) is 0 Å². The second-order valence-corrected chi connectivity index (χ2v) is 18.3. The third kappa shape index (κ3) is 11.2. The Kier molecular flexibility index (Phi) is 15.3. The number of rotatable bonds is 18. The van der Waals surface area contributed by atoms with Crippen LogP contribution in [0.25, 0.3) is 0 Å². The molecule has 8 atom stereocenters. The van der Waals surface area contributed by atoms with Crippen LogP contribution in [0.1, 0.15) is 80.7 Å². The highest BCUT2D eigenvalue weighted by atomic mass is 28.4. The molecule has 0 heterocycles. The van der Waals surface area contributed by atoms with Crippen LogP contribution in [0.15, 0.2) is 36.9 Å². The fourth-order valence-electron chi connectivity index (χ4n) is 5.07. The lowest BCUT2D eigenvalue weighted by atomic mass is 9.81. The van der Waals surface area contributed by atoms with Gasteiger partial charge in [-0.2, -0.15) is 0 Å². The molecular weight excluding hydrogens is 532 g/mol. The Hall–Kier alpha value is -1.67. The van der Waals surface area contributed by atoms with Crippen molar-refractivity contribution in [2.24, 2.45) is 29.6 Å². The Morgan fingerprint density at radius 2 is 1.63 bits per heavy atom. The molecule has 1 aromatic carbocycles. The van der Waals surface area contributed by atoms with Gasteiger partial charge in [-0.3, -0.25) is 4.79 Å². The molecule has 6 nitrogen and oxygen atoms in total. The number of esters is 1. The van der Waals surface area contributed by atoms with E-state index in [4.69, 9.17) is 18.6 Å². The number of aliphatic hydroxyl groups excluding tert-OH is 1. The van der Waals surface area contributed by atoms with Crippen molar-refractivity contribution < 1.29 is 28.5 Å². The normalized spacial score (nSPS) is 18.4. The van der Waals surface area contributed by atoms with Crippen molar-refractivity contribution >= 4 is 14.3 Å². The highest BCUT2D eigenvalue weighted by Gasteiger charge is 2.45. The van der Waals surface area contributed by atoms with Gasteiger partial charge in [-0.15, -0.1) is 6.58 Å². The van der Waals surface area contributed by atoms with E-state index in [0.717, 1.165) is 24.2 Å². The molecule has 0 aromatic heterocycles. The zero-order chi connectivity index (χ0) is 31.5. The minimum absolute atomic E-state index is 0.0334. The number of benzene rings is 1. The Morgan fingerprint density at radius 1 is 1.05 bits per heavy atom. The first-order valence-electron chi connectivity index (χ1n) is 15.4. The first kappa shape index (κ1) is 37.4. The van der Waals surface area contributed by atoms with Gasteiger partial charge in [-0.25, -0.2) is 0 Å². The summed E-state index contributed by atoms with van der Waals surface area (Å²) in [4.78, 5) is 13.7. The number of ether oxygens (including phenoxy) is 3. The summed E-state index contributed by atoms with van der Waals surface area (Å²) in [5.74, 6) is 0.290. The predicted octanol–water partition coefficient (Wildman–Crippen LogP) is 8.04. The predicted molar refractivity (Wildman–Crippen MR) is 172 cm³/mol. The molecule has 0 unspecified atom stereocenters. The van der Waals surface area contributed by atoms with Crippen molar-refractivity contribution in [3.63, 3.8) is 0 Å². The molecule has 1 N–H and O–H groups in total. The smallest absolute Gasteiger partial charge is 0.311 e. The van der Waals surface area contributed by atoms with Gasteiger partial charge in [0.2, 0.25) is 0 Å². The molecule has 0 radical (unpaired) electrons. The number of carbonyl (C=O) groups is 1. The zero-order valence-corrected chi connectivity index (χ0v) is 29.0. The van der Waals surface area contributed by atoms with E-state index < -0.39 is 20.3 Å². The van der Waals surface area contributed by atoms with Crippen molar-refractivity contribution in [3.05, 3.63) is 42.5 Å². The van der Waals surface area contributed by atoms with Gasteiger partial charge < -0.3 is 23.7 Å². The molecular formula is C34H60O6Si. The number of hydrogen-bond donors (Lipinski definition) is 1. The fourth-order valence-corrected chi connectivity index (χ4v) is 6.52. The van der Waals surface area contributed by atoms with Crippen LogP contribution in [0.3, 0.4) is 0 Å². The van der Waals surface area contributed by atoms with Gasteiger partial charge in [0.1, 0.15) is 11.9 Å². The molecule has 0 saturated heterocycles. The molecule has 0 saturated carbocycles. The summed E-state index contributed by atoms with van der Waals surface area (Å²) in [6, 6.07) is 7.89. The van der Waals surface area contributed by atoms with Crippen LogP contribution >= 0.6 is 0 Å². The molecule has 0 aliphatic heterocycles. The summed E-state index contributed by atoms with van der Waals surface area (Å²) in [5.41, 5.74) is 1.05. The van der Waals surface area contributed by atoms with Crippen LogP contribution in [0, 0.1) is 29.6 Å². The van der Waals surface area contributed by atoms with Crippen LogP contribution in [-0.2, 0) is 25.3 Å². The SMILES string of the molecule is C=C[C@@H](C)[C@@H](CC)OC(=O)[C@H](C)[C@@H](O[Si](C)(C)C(C)(C)C)[C@H](C)[C@@H](OCc1ccc(OC)cc1)[C@@H](C)C[C@@H](C)CO. The van der Waals surface area contributed by atoms with E-state index in [0.29, 0.717) is 6.61 Å². The van der Waals surface area contributed by atoms with Crippen molar-refractivity contribution in [1.29, 1.82) is 0 Å². The minimum atomic E-state index is -2.27. The van der Waals surface area contributed by atoms with Crippen LogP contribution in [0.2, 0.25) is 18.1 Å². The van der Waals surface area contributed by atoms with E-state index in [-0.39, 0.29) is 53.5 Å². The third-order valence-corrected chi connectivity index (χ3v) is 13.5. The van der Waals surface area contributed by atoms with Gasteiger partial charge in [0.05, 0.1) is 31.8 Å². The average molecular weight is 593 g/mol. The van der Waals surface area contributed by atoms with Gasteiger partial charge in [-0.1, -0.05) is 73.6 Å². The van der Waals surface area contributed by atoms with Crippen LogP contribution in [0.5, 0.6) is 5.75 Å². The molecule has 1 aromatic rings. The molecule has 41 heavy (non-hydrogen) atoms. The van der Waals surface area contributed by atoms with Gasteiger partial charge in [0.15, 0.2) is 8.32 Å². The number of carbonyl (C=O) groups excluding carboxylic acids is 1. The lowest BCUT2D eigenvalue weighted by molar-refractivity contribution is -0.162. The van der Waals surface area contributed by atoms with Gasteiger partial charge >= 0.3 is 5.97 Å². The highest BCUT2D eigenvalue weighted by Crippen LogP contribution is 2.41. The number of hydrogen-bond acceptors (Lipinski definition) is 6. The first-order chi connectivity index (χ1) is 19.0. The largest absolute Gasteiger partial charge is 0.497 e. The molecule has 0 aliphatic rings. The molecule has 0 aliphatic carbocycles. The molecule has 236 valence electrons. The summed E-state index contributed by atoms with van der Waals surface area (Å²) in [6.07, 6.45) is 2.54. The maximum atomic E-state index is 13.7.